The second kappa shape index (κ2) is 8.32. The van der Waals surface area contributed by atoms with Gasteiger partial charge in [0.1, 0.15) is 12.6 Å². The van der Waals surface area contributed by atoms with E-state index in [0.717, 1.165) is 0 Å². The Kier molecular flexibility index (Phi) is 7.50. The van der Waals surface area contributed by atoms with E-state index in [2.05, 4.69) is 15.4 Å². The Hall–Kier alpha value is -1.79. The van der Waals surface area contributed by atoms with E-state index >= 15 is 0 Å². The van der Waals surface area contributed by atoms with Crippen LogP contribution >= 0.6 is 0 Å². The highest BCUT2D eigenvalue weighted by Crippen LogP contribution is 2.04. The van der Waals surface area contributed by atoms with Crippen LogP contribution in [0.5, 0.6) is 0 Å². The number of ether oxygens (including phenoxy) is 1. The highest BCUT2D eigenvalue weighted by atomic mass is 16.5. The van der Waals surface area contributed by atoms with Crippen LogP contribution in [-0.4, -0.2) is 42.3 Å². The summed E-state index contributed by atoms with van der Waals surface area (Å²) in [6.07, 6.45) is -0.371. The van der Waals surface area contributed by atoms with Crippen molar-refractivity contribution in [2.75, 3.05) is 13.2 Å². The molecule has 2 amide bonds. The zero-order chi connectivity index (χ0) is 14.1. The molecule has 0 fully saturated rings. The second-order valence-electron chi connectivity index (χ2n) is 4.16. The smallest absolute Gasteiger partial charge is 0.407 e. The molecule has 0 bridgehead atoms. The summed E-state index contributed by atoms with van der Waals surface area (Å²) >= 11 is 0. The number of carboxylic acid groups (broad SMARTS) is 1. The summed E-state index contributed by atoms with van der Waals surface area (Å²) in [5.41, 5.74) is 0. The fourth-order valence-corrected chi connectivity index (χ4v) is 1.27. The summed E-state index contributed by atoms with van der Waals surface area (Å²) in [7, 11) is 0. The number of carbonyl (C=O) groups excluding carboxylic acids is 2. The average Bonchev–Trinajstić information content (AvgIpc) is 2.25. The molecule has 0 aliphatic heterocycles. The van der Waals surface area contributed by atoms with E-state index in [4.69, 9.17) is 5.11 Å². The molecule has 0 radical (unpaired) electrons. The van der Waals surface area contributed by atoms with Crippen molar-refractivity contribution in [2.24, 2.45) is 5.92 Å². The van der Waals surface area contributed by atoms with Gasteiger partial charge in [-0.3, -0.25) is 4.79 Å². The third-order valence-electron chi connectivity index (χ3n) is 2.01. The Bertz CT molecular complexity index is 304. The van der Waals surface area contributed by atoms with Gasteiger partial charge in [-0.15, -0.1) is 0 Å². The fraction of sp³-hybridized carbons (Fsp3) is 0.727. The number of carboxylic acids is 1. The maximum absolute atomic E-state index is 11.4. The van der Waals surface area contributed by atoms with Gasteiger partial charge in [-0.05, 0) is 19.3 Å². The molecule has 1 unspecified atom stereocenters. The first-order valence-electron chi connectivity index (χ1n) is 5.79. The molecule has 7 heteroatoms. The highest BCUT2D eigenvalue weighted by molar-refractivity contribution is 5.86. The van der Waals surface area contributed by atoms with Gasteiger partial charge in [0.15, 0.2) is 0 Å². The van der Waals surface area contributed by atoms with Crippen molar-refractivity contribution in [2.45, 2.75) is 33.2 Å². The first kappa shape index (κ1) is 16.2. The van der Waals surface area contributed by atoms with Gasteiger partial charge in [0.25, 0.3) is 0 Å². The van der Waals surface area contributed by atoms with Gasteiger partial charge in [0.2, 0.25) is 5.91 Å². The van der Waals surface area contributed by atoms with Crippen LogP contribution in [-0.2, 0) is 14.3 Å². The Balaban J connectivity index is 4.10. The first-order valence-corrected chi connectivity index (χ1v) is 5.79. The largest absolute Gasteiger partial charge is 0.480 e. The molecule has 0 aliphatic carbocycles. The molecule has 104 valence electrons. The van der Waals surface area contributed by atoms with E-state index in [1.165, 1.54) is 0 Å². The van der Waals surface area contributed by atoms with Crippen LogP contribution in [0, 0.1) is 5.92 Å². The molecule has 0 saturated carbocycles. The SMILES string of the molecule is CCOC(=O)NCC(=O)NC(CC(C)C)C(=O)O. The number of amides is 2. The van der Waals surface area contributed by atoms with Crippen molar-refractivity contribution < 1.29 is 24.2 Å². The van der Waals surface area contributed by atoms with Gasteiger partial charge < -0.3 is 20.5 Å². The average molecular weight is 260 g/mol. The molecule has 0 saturated heterocycles. The van der Waals surface area contributed by atoms with Crippen molar-refractivity contribution in [3.05, 3.63) is 0 Å². The number of nitrogens with one attached hydrogen (secondary N) is 2. The number of rotatable bonds is 7. The quantitative estimate of drug-likeness (QED) is 0.612. The maximum atomic E-state index is 11.4. The van der Waals surface area contributed by atoms with Crippen LogP contribution in [0.1, 0.15) is 27.2 Å². The number of hydrogen-bond acceptors (Lipinski definition) is 4. The third kappa shape index (κ3) is 7.48. The van der Waals surface area contributed by atoms with Gasteiger partial charge in [-0.1, -0.05) is 13.8 Å². The second-order valence-corrected chi connectivity index (χ2v) is 4.16. The van der Waals surface area contributed by atoms with Gasteiger partial charge in [-0.2, -0.15) is 0 Å². The number of alkyl carbamates (subject to hydrolysis) is 1. The van der Waals surface area contributed by atoms with E-state index in [9.17, 15) is 14.4 Å². The molecule has 1 atom stereocenters. The molecule has 18 heavy (non-hydrogen) atoms. The summed E-state index contributed by atoms with van der Waals surface area (Å²) in [4.78, 5) is 33.2. The Labute approximate surface area is 106 Å². The molecule has 7 nitrogen and oxygen atoms in total. The lowest BCUT2D eigenvalue weighted by Gasteiger charge is -2.16. The fourth-order valence-electron chi connectivity index (χ4n) is 1.27. The van der Waals surface area contributed by atoms with Crippen molar-refractivity contribution in [3.8, 4) is 0 Å². The lowest BCUT2D eigenvalue weighted by Crippen LogP contribution is -2.46. The Morgan fingerprint density at radius 3 is 2.33 bits per heavy atom. The molecule has 3 N–H and O–H groups in total. The minimum atomic E-state index is -1.09. The molecule has 0 heterocycles. The van der Waals surface area contributed by atoms with E-state index in [1.807, 2.05) is 13.8 Å². The normalized spacial score (nSPS) is 11.8. The summed E-state index contributed by atoms with van der Waals surface area (Å²) in [5, 5.41) is 13.5. The van der Waals surface area contributed by atoms with Gasteiger partial charge in [0.05, 0.1) is 6.61 Å². The van der Waals surface area contributed by atoms with E-state index < -0.39 is 24.0 Å². The first-order chi connectivity index (χ1) is 8.36. The molecular weight excluding hydrogens is 240 g/mol. The van der Waals surface area contributed by atoms with Crippen LogP contribution in [0.15, 0.2) is 0 Å². The number of carbonyl (C=O) groups is 3. The van der Waals surface area contributed by atoms with Gasteiger partial charge in [-0.25, -0.2) is 9.59 Å². The standard InChI is InChI=1S/C11H20N2O5/c1-4-18-11(17)12-6-9(14)13-8(10(15)16)5-7(2)3/h7-8H,4-6H2,1-3H3,(H,12,17)(H,13,14)(H,15,16). The maximum Gasteiger partial charge on any atom is 0.407 e. The van der Waals surface area contributed by atoms with Gasteiger partial charge >= 0.3 is 12.1 Å². The summed E-state index contributed by atoms with van der Waals surface area (Å²) in [6, 6.07) is -0.943. The summed E-state index contributed by atoms with van der Waals surface area (Å²) in [5.74, 6) is -1.51. The minimum Gasteiger partial charge on any atom is -0.480 e. The van der Waals surface area contributed by atoms with Crippen molar-refractivity contribution in [3.63, 3.8) is 0 Å². The van der Waals surface area contributed by atoms with Crippen LogP contribution in [0.2, 0.25) is 0 Å². The van der Waals surface area contributed by atoms with Crippen LogP contribution in [0.25, 0.3) is 0 Å². The molecule has 0 aromatic rings. The topological polar surface area (TPSA) is 105 Å². The molecule has 0 rings (SSSR count). The summed E-state index contributed by atoms with van der Waals surface area (Å²) in [6.45, 7) is 5.26. The molecular formula is C11H20N2O5. The predicted octanol–water partition coefficient (Wildman–Crippen LogP) is 0.348. The van der Waals surface area contributed by atoms with Crippen LogP contribution < -0.4 is 10.6 Å². The number of aliphatic carboxylic acids is 1. The summed E-state index contributed by atoms with van der Waals surface area (Å²) < 4.78 is 4.56. The molecule has 0 aromatic carbocycles. The third-order valence-corrected chi connectivity index (χ3v) is 2.01. The Morgan fingerprint density at radius 1 is 1.28 bits per heavy atom. The van der Waals surface area contributed by atoms with E-state index in [0.29, 0.717) is 6.42 Å². The van der Waals surface area contributed by atoms with Crippen molar-refractivity contribution in [1.29, 1.82) is 0 Å². The van der Waals surface area contributed by atoms with Crippen molar-refractivity contribution >= 4 is 18.0 Å². The van der Waals surface area contributed by atoms with E-state index in [1.54, 1.807) is 6.92 Å². The lowest BCUT2D eigenvalue weighted by molar-refractivity contribution is -0.142. The van der Waals surface area contributed by atoms with Crippen molar-refractivity contribution in [1.82, 2.24) is 10.6 Å². The zero-order valence-electron chi connectivity index (χ0n) is 10.9. The van der Waals surface area contributed by atoms with E-state index in [-0.39, 0.29) is 19.1 Å². The predicted molar refractivity (Wildman–Crippen MR) is 64.0 cm³/mol. The number of hydrogen-bond donors (Lipinski definition) is 3. The molecule has 0 aliphatic rings. The van der Waals surface area contributed by atoms with Gasteiger partial charge in [0, 0.05) is 0 Å². The lowest BCUT2D eigenvalue weighted by atomic mass is 10.0. The Morgan fingerprint density at radius 2 is 1.89 bits per heavy atom. The highest BCUT2D eigenvalue weighted by Gasteiger charge is 2.21. The monoisotopic (exact) mass is 260 g/mol. The van der Waals surface area contributed by atoms with Crippen LogP contribution in [0.4, 0.5) is 4.79 Å². The van der Waals surface area contributed by atoms with Crippen LogP contribution in [0.3, 0.4) is 0 Å². The molecule has 0 spiro atoms. The minimum absolute atomic E-state index is 0.143. The zero-order valence-corrected chi connectivity index (χ0v) is 10.9. The molecule has 0 aromatic heterocycles.